The molecule has 1 nitrogen and oxygen atoms in total. The van der Waals surface area contributed by atoms with Crippen molar-refractivity contribution < 1.29 is 0 Å². The van der Waals surface area contributed by atoms with Crippen molar-refractivity contribution in [1.29, 1.82) is 0 Å². The fourth-order valence-electron chi connectivity index (χ4n) is 1.11. The van der Waals surface area contributed by atoms with Gasteiger partial charge >= 0.3 is 96.7 Å². The number of hydrogen-bond acceptors (Lipinski definition) is 1. The topological polar surface area (TPSA) is 12.9 Å². The minimum atomic E-state index is -0.578. The summed E-state index contributed by atoms with van der Waals surface area (Å²) >= 11 is -0.578. The minimum absolute atomic E-state index is 0.453. The Bertz CT molecular complexity index is 366. The zero-order chi connectivity index (χ0) is 10.6. The average Bonchev–Trinajstić information content (AvgIpc) is 2.02. The quantitative estimate of drug-likeness (QED) is 0.570. The molecule has 72 valence electrons. The van der Waals surface area contributed by atoms with Gasteiger partial charge in [-0.3, -0.25) is 0 Å². The molecule has 0 N–H and O–H groups in total. The first-order valence-corrected chi connectivity index (χ1v) is 7.54. The Labute approximate surface area is 96.5 Å². The standard InChI is InChI=1S/C8H6N.C4H9.Sn/c1-2-3-8-4-6-9-7-5-8;1-4(2)3;/h4-6H,1H3;1-3H3;. The van der Waals surface area contributed by atoms with E-state index in [1.165, 1.54) is 3.71 Å². The molecule has 2 radical (unpaired) electrons. The van der Waals surface area contributed by atoms with Gasteiger partial charge in [-0.1, -0.05) is 0 Å². The third-order valence-corrected chi connectivity index (χ3v) is 5.18. The molecule has 1 aromatic heterocycles. The van der Waals surface area contributed by atoms with Crippen molar-refractivity contribution in [1.82, 2.24) is 4.98 Å². The number of pyridine rings is 1. The molecular weight excluding hydrogens is 277 g/mol. The summed E-state index contributed by atoms with van der Waals surface area (Å²) in [7, 11) is 0. The van der Waals surface area contributed by atoms with Gasteiger partial charge < -0.3 is 0 Å². The maximum atomic E-state index is 4.41. The van der Waals surface area contributed by atoms with Crippen LogP contribution in [0.2, 0.25) is 3.43 Å². The molecule has 1 heterocycles. The average molecular weight is 292 g/mol. The molecule has 0 saturated heterocycles. The number of hydrogen-bond donors (Lipinski definition) is 0. The number of nitrogens with zero attached hydrogens (tertiary/aromatic N) is 1. The fourth-order valence-corrected chi connectivity index (χ4v) is 4.35. The van der Waals surface area contributed by atoms with Crippen molar-refractivity contribution in [2.75, 3.05) is 0 Å². The summed E-state index contributed by atoms with van der Waals surface area (Å²) in [6, 6.07) is 4.12. The normalized spacial score (nSPS) is 10.6. The predicted molar refractivity (Wildman–Crippen MR) is 61.9 cm³/mol. The van der Waals surface area contributed by atoms with Crippen LogP contribution in [0.1, 0.15) is 33.3 Å². The molecule has 14 heavy (non-hydrogen) atoms. The van der Waals surface area contributed by atoms with Crippen LogP contribution < -0.4 is 3.71 Å². The molecule has 2 heteroatoms. The fraction of sp³-hybridized carbons (Fsp3) is 0.417. The molecule has 0 fully saturated rings. The van der Waals surface area contributed by atoms with Crippen LogP contribution >= 0.6 is 0 Å². The summed E-state index contributed by atoms with van der Waals surface area (Å²) < 4.78 is 1.75. The van der Waals surface area contributed by atoms with Gasteiger partial charge in [-0.2, -0.15) is 0 Å². The summed E-state index contributed by atoms with van der Waals surface area (Å²) in [5, 5.41) is 0. The van der Waals surface area contributed by atoms with Crippen LogP contribution in [0.3, 0.4) is 0 Å². The van der Waals surface area contributed by atoms with Gasteiger partial charge in [-0.15, -0.1) is 0 Å². The molecule has 0 amide bonds. The second-order valence-electron chi connectivity index (χ2n) is 4.18. The van der Waals surface area contributed by atoms with E-state index in [-0.39, 0.29) is 0 Å². The van der Waals surface area contributed by atoms with Gasteiger partial charge in [0, 0.05) is 0 Å². The predicted octanol–water partition coefficient (Wildman–Crippen LogP) is 2.00. The molecule has 0 aliphatic carbocycles. The van der Waals surface area contributed by atoms with Crippen molar-refractivity contribution >= 4 is 24.9 Å². The van der Waals surface area contributed by atoms with Crippen LogP contribution in [0.25, 0.3) is 0 Å². The van der Waals surface area contributed by atoms with Crippen LogP contribution in [0, 0.1) is 11.8 Å². The van der Waals surface area contributed by atoms with Crippen LogP contribution in [0.5, 0.6) is 0 Å². The first-order chi connectivity index (χ1) is 6.51. The Morgan fingerprint density at radius 3 is 2.64 bits per heavy atom. The van der Waals surface area contributed by atoms with Crippen molar-refractivity contribution in [3.05, 3.63) is 23.9 Å². The zero-order valence-corrected chi connectivity index (χ0v) is 12.0. The Balaban J connectivity index is 2.87. The molecule has 0 unspecified atom stereocenters. The summed E-state index contributed by atoms with van der Waals surface area (Å²) in [6.07, 6.45) is 1.88. The van der Waals surface area contributed by atoms with Crippen LogP contribution in [-0.2, 0) is 0 Å². The Morgan fingerprint density at radius 1 is 1.36 bits per heavy atom. The summed E-state index contributed by atoms with van der Waals surface area (Å²) in [4.78, 5) is 4.41. The SMILES string of the molecule is CC#Cc1ccn[c]([Sn][C](C)(C)C)c1. The van der Waals surface area contributed by atoms with E-state index < -0.39 is 21.1 Å². The van der Waals surface area contributed by atoms with Crippen molar-refractivity contribution in [2.24, 2.45) is 0 Å². The monoisotopic (exact) mass is 293 g/mol. The third kappa shape index (κ3) is 4.15. The third-order valence-electron chi connectivity index (χ3n) is 1.53. The van der Waals surface area contributed by atoms with Gasteiger partial charge in [0.2, 0.25) is 0 Å². The van der Waals surface area contributed by atoms with Gasteiger partial charge in [0.1, 0.15) is 0 Å². The molecule has 1 rings (SSSR count). The van der Waals surface area contributed by atoms with Crippen molar-refractivity contribution in [2.45, 2.75) is 31.1 Å². The maximum absolute atomic E-state index is 4.41. The van der Waals surface area contributed by atoms with Crippen LogP contribution in [0.15, 0.2) is 18.3 Å². The molecule has 0 spiro atoms. The van der Waals surface area contributed by atoms with Gasteiger partial charge in [0.15, 0.2) is 0 Å². The van der Waals surface area contributed by atoms with E-state index in [4.69, 9.17) is 0 Å². The van der Waals surface area contributed by atoms with E-state index >= 15 is 0 Å². The summed E-state index contributed by atoms with van der Waals surface area (Å²) in [5.41, 5.74) is 1.10. The molecule has 0 bridgehead atoms. The molecule has 0 atom stereocenters. The Kier molecular flexibility index (Phi) is 4.00. The van der Waals surface area contributed by atoms with Gasteiger partial charge in [0.25, 0.3) is 0 Å². The van der Waals surface area contributed by atoms with Crippen LogP contribution in [0.4, 0.5) is 0 Å². The summed E-state index contributed by atoms with van der Waals surface area (Å²) in [6.45, 7) is 8.74. The van der Waals surface area contributed by atoms with Crippen molar-refractivity contribution in [3.63, 3.8) is 0 Å². The number of aromatic nitrogens is 1. The molecule has 1 aromatic rings. The second kappa shape index (κ2) is 4.84. The van der Waals surface area contributed by atoms with Gasteiger partial charge in [-0.25, -0.2) is 0 Å². The number of rotatable bonds is 1. The Morgan fingerprint density at radius 2 is 2.07 bits per heavy atom. The molecule has 0 aliphatic rings. The summed E-state index contributed by atoms with van der Waals surface area (Å²) in [5.74, 6) is 5.99. The van der Waals surface area contributed by atoms with E-state index in [9.17, 15) is 0 Å². The molecule has 0 aromatic carbocycles. The second-order valence-corrected chi connectivity index (χ2v) is 10.6. The molecule has 0 saturated carbocycles. The van der Waals surface area contributed by atoms with E-state index in [0.717, 1.165) is 5.56 Å². The van der Waals surface area contributed by atoms with Gasteiger partial charge in [0.05, 0.1) is 0 Å². The first-order valence-electron chi connectivity index (χ1n) is 4.68. The zero-order valence-electron chi connectivity index (χ0n) is 9.18. The van der Waals surface area contributed by atoms with Crippen LogP contribution in [-0.4, -0.2) is 26.1 Å². The van der Waals surface area contributed by atoms with E-state index in [1.807, 2.05) is 19.2 Å². The molecule has 0 aliphatic heterocycles. The van der Waals surface area contributed by atoms with Crippen molar-refractivity contribution in [3.8, 4) is 11.8 Å². The Hall–Kier alpha value is -0.491. The van der Waals surface area contributed by atoms with E-state index in [1.54, 1.807) is 0 Å². The molecular formula is C12H15NSn. The first kappa shape index (κ1) is 11.6. The van der Waals surface area contributed by atoms with E-state index in [2.05, 4.69) is 43.7 Å². The van der Waals surface area contributed by atoms with Gasteiger partial charge in [-0.05, 0) is 0 Å². The van der Waals surface area contributed by atoms with E-state index in [0.29, 0.717) is 3.43 Å².